The fourth-order valence-corrected chi connectivity index (χ4v) is 3.54. The lowest BCUT2D eigenvalue weighted by molar-refractivity contribution is 0.465. The van der Waals surface area contributed by atoms with Crippen LogP contribution in [0.2, 0.25) is 0 Å². The van der Waals surface area contributed by atoms with Crippen LogP contribution in [-0.2, 0) is 0 Å². The molecule has 1 aromatic rings. The lowest BCUT2D eigenvalue weighted by Crippen LogP contribution is -2.39. The summed E-state index contributed by atoms with van der Waals surface area (Å²) >= 11 is 5.20. The molecule has 2 unspecified atom stereocenters. The van der Waals surface area contributed by atoms with Crippen molar-refractivity contribution in [2.45, 2.75) is 25.4 Å². The number of benzene rings is 1. The Balaban J connectivity index is 2.13. The van der Waals surface area contributed by atoms with E-state index in [2.05, 4.69) is 28.2 Å². The molecule has 1 aliphatic rings. The van der Waals surface area contributed by atoms with Gasteiger partial charge in [0.25, 0.3) is 0 Å². The molecule has 88 valence electrons. The molecule has 1 heterocycles. The van der Waals surface area contributed by atoms with Crippen molar-refractivity contribution >= 4 is 27.7 Å². The van der Waals surface area contributed by atoms with Gasteiger partial charge in [0, 0.05) is 23.6 Å². The lowest BCUT2D eigenvalue weighted by atomic mass is 10.1. The normalized spacial score (nSPS) is 25.7. The molecule has 0 radical (unpaired) electrons. The van der Waals surface area contributed by atoms with Gasteiger partial charge in [-0.2, -0.15) is 11.8 Å². The minimum atomic E-state index is -0.195. The molecule has 4 heteroatoms. The highest BCUT2D eigenvalue weighted by Crippen LogP contribution is 2.28. The monoisotopic (exact) mass is 303 g/mol. The van der Waals surface area contributed by atoms with E-state index in [9.17, 15) is 4.39 Å². The van der Waals surface area contributed by atoms with Crippen LogP contribution < -0.4 is 5.32 Å². The summed E-state index contributed by atoms with van der Waals surface area (Å²) in [6.45, 7) is 2.20. The van der Waals surface area contributed by atoms with Crippen molar-refractivity contribution in [2.75, 3.05) is 11.5 Å². The van der Waals surface area contributed by atoms with Crippen LogP contribution >= 0.6 is 27.7 Å². The zero-order chi connectivity index (χ0) is 11.5. The molecule has 1 N–H and O–H groups in total. The van der Waals surface area contributed by atoms with Crippen LogP contribution in [-0.4, -0.2) is 17.5 Å². The maximum absolute atomic E-state index is 13.1. The zero-order valence-corrected chi connectivity index (χ0v) is 11.6. The minimum absolute atomic E-state index is 0.195. The van der Waals surface area contributed by atoms with Crippen LogP contribution in [0.5, 0.6) is 0 Å². The molecule has 1 fully saturated rings. The molecule has 0 amide bonds. The van der Waals surface area contributed by atoms with Gasteiger partial charge in [0.15, 0.2) is 0 Å². The Bertz CT molecular complexity index is 372. The SMILES string of the molecule is CCC1CSCC(c2ccc(F)c(Br)c2)N1. The van der Waals surface area contributed by atoms with Crippen LogP contribution in [0.4, 0.5) is 4.39 Å². The second kappa shape index (κ2) is 5.52. The molecule has 0 spiro atoms. The molecule has 0 bridgehead atoms. The first-order chi connectivity index (χ1) is 7.70. The predicted octanol–water partition coefficient (Wildman–Crippen LogP) is 3.74. The third-order valence-corrected chi connectivity index (χ3v) is 4.69. The summed E-state index contributed by atoms with van der Waals surface area (Å²) in [5.41, 5.74) is 1.17. The summed E-state index contributed by atoms with van der Waals surface area (Å²) in [5.74, 6) is 2.04. The fraction of sp³-hybridized carbons (Fsp3) is 0.500. The van der Waals surface area contributed by atoms with E-state index in [0.29, 0.717) is 16.6 Å². The second-order valence-electron chi connectivity index (χ2n) is 4.04. The van der Waals surface area contributed by atoms with E-state index in [0.717, 1.165) is 12.2 Å². The van der Waals surface area contributed by atoms with Crippen LogP contribution in [0, 0.1) is 5.82 Å². The van der Waals surface area contributed by atoms with Crippen molar-refractivity contribution in [1.82, 2.24) is 5.32 Å². The van der Waals surface area contributed by atoms with Crippen LogP contribution in [0.3, 0.4) is 0 Å². The van der Waals surface area contributed by atoms with Crippen molar-refractivity contribution in [3.05, 3.63) is 34.1 Å². The number of halogens is 2. The van der Waals surface area contributed by atoms with Crippen LogP contribution in [0.15, 0.2) is 22.7 Å². The van der Waals surface area contributed by atoms with E-state index in [1.54, 1.807) is 0 Å². The van der Waals surface area contributed by atoms with Gasteiger partial charge < -0.3 is 5.32 Å². The number of hydrogen-bond acceptors (Lipinski definition) is 2. The summed E-state index contributed by atoms with van der Waals surface area (Å²) in [6.07, 6.45) is 1.14. The number of hydrogen-bond donors (Lipinski definition) is 1. The Hall–Kier alpha value is -0.0600. The predicted molar refractivity (Wildman–Crippen MR) is 71.4 cm³/mol. The van der Waals surface area contributed by atoms with Gasteiger partial charge in [-0.1, -0.05) is 13.0 Å². The van der Waals surface area contributed by atoms with Crippen molar-refractivity contribution in [3.63, 3.8) is 0 Å². The molecule has 0 saturated carbocycles. The molecule has 2 atom stereocenters. The Labute approximate surface area is 108 Å². The van der Waals surface area contributed by atoms with Crippen molar-refractivity contribution in [2.24, 2.45) is 0 Å². The van der Waals surface area contributed by atoms with E-state index < -0.39 is 0 Å². The Kier molecular flexibility index (Phi) is 4.27. The largest absolute Gasteiger partial charge is 0.306 e. The first-order valence-electron chi connectivity index (χ1n) is 5.49. The Morgan fingerprint density at radius 3 is 3.00 bits per heavy atom. The van der Waals surface area contributed by atoms with Gasteiger partial charge in [-0.25, -0.2) is 4.39 Å². The van der Waals surface area contributed by atoms with E-state index in [1.807, 2.05) is 23.9 Å². The molecular weight excluding hydrogens is 289 g/mol. The molecule has 1 nitrogen and oxygen atoms in total. The maximum atomic E-state index is 13.1. The summed E-state index contributed by atoms with van der Waals surface area (Å²) in [4.78, 5) is 0. The average molecular weight is 304 g/mol. The quantitative estimate of drug-likeness (QED) is 0.893. The number of rotatable bonds is 2. The Morgan fingerprint density at radius 2 is 2.31 bits per heavy atom. The van der Waals surface area contributed by atoms with Gasteiger partial charge in [0.1, 0.15) is 5.82 Å². The van der Waals surface area contributed by atoms with Gasteiger partial charge in [-0.05, 0) is 40.0 Å². The third-order valence-electron chi connectivity index (χ3n) is 2.88. The molecular formula is C12H15BrFNS. The van der Waals surface area contributed by atoms with Gasteiger partial charge >= 0.3 is 0 Å². The Morgan fingerprint density at radius 1 is 1.50 bits per heavy atom. The summed E-state index contributed by atoms with van der Waals surface area (Å²) < 4.78 is 13.7. The molecule has 16 heavy (non-hydrogen) atoms. The van der Waals surface area contributed by atoms with Crippen molar-refractivity contribution in [3.8, 4) is 0 Å². The first-order valence-corrected chi connectivity index (χ1v) is 7.44. The summed E-state index contributed by atoms with van der Waals surface area (Å²) in [5, 5.41) is 3.60. The summed E-state index contributed by atoms with van der Waals surface area (Å²) in [6, 6.07) is 6.21. The molecule has 1 aromatic carbocycles. The van der Waals surface area contributed by atoms with Crippen molar-refractivity contribution in [1.29, 1.82) is 0 Å². The van der Waals surface area contributed by atoms with Crippen molar-refractivity contribution < 1.29 is 4.39 Å². The third kappa shape index (κ3) is 2.79. The van der Waals surface area contributed by atoms with E-state index in [4.69, 9.17) is 0 Å². The first kappa shape index (κ1) is 12.4. The smallest absolute Gasteiger partial charge is 0.137 e. The van der Waals surface area contributed by atoms with E-state index in [-0.39, 0.29) is 5.82 Å². The van der Waals surface area contributed by atoms with Gasteiger partial charge in [0.2, 0.25) is 0 Å². The highest BCUT2D eigenvalue weighted by molar-refractivity contribution is 9.10. The molecule has 1 aliphatic heterocycles. The van der Waals surface area contributed by atoms with Crippen LogP contribution in [0.25, 0.3) is 0 Å². The maximum Gasteiger partial charge on any atom is 0.137 e. The highest BCUT2D eigenvalue weighted by atomic mass is 79.9. The average Bonchev–Trinajstić information content (AvgIpc) is 2.33. The second-order valence-corrected chi connectivity index (χ2v) is 5.96. The molecule has 1 saturated heterocycles. The zero-order valence-electron chi connectivity index (χ0n) is 9.17. The van der Waals surface area contributed by atoms with Gasteiger partial charge in [0.05, 0.1) is 4.47 Å². The fourth-order valence-electron chi connectivity index (χ4n) is 1.87. The lowest BCUT2D eigenvalue weighted by Gasteiger charge is -2.30. The molecule has 2 rings (SSSR count). The summed E-state index contributed by atoms with van der Waals surface area (Å²) in [7, 11) is 0. The van der Waals surface area contributed by atoms with E-state index in [1.165, 1.54) is 17.4 Å². The minimum Gasteiger partial charge on any atom is -0.306 e. The topological polar surface area (TPSA) is 12.0 Å². The van der Waals surface area contributed by atoms with E-state index >= 15 is 0 Å². The highest BCUT2D eigenvalue weighted by Gasteiger charge is 2.21. The molecule has 0 aromatic heterocycles. The van der Waals surface area contributed by atoms with Gasteiger partial charge in [-0.15, -0.1) is 0 Å². The van der Waals surface area contributed by atoms with Gasteiger partial charge in [-0.3, -0.25) is 0 Å². The van der Waals surface area contributed by atoms with Crippen LogP contribution in [0.1, 0.15) is 24.9 Å². The standard InChI is InChI=1S/C12H15BrFNS/c1-2-9-6-16-7-12(15-9)8-3-4-11(14)10(13)5-8/h3-5,9,12,15H,2,6-7H2,1H3. The number of nitrogens with one attached hydrogen (secondary N) is 1. The molecule has 0 aliphatic carbocycles. The number of thioether (sulfide) groups is 1.